The first-order valence-corrected chi connectivity index (χ1v) is 7.10. The summed E-state index contributed by atoms with van der Waals surface area (Å²) in [5.74, 6) is 1.48. The van der Waals surface area contributed by atoms with Crippen LogP contribution in [0.3, 0.4) is 0 Å². The van der Waals surface area contributed by atoms with Crippen LogP contribution in [0.15, 0.2) is 34.8 Å². The van der Waals surface area contributed by atoms with E-state index < -0.39 is 0 Å². The molecule has 1 N–H and O–H groups in total. The Morgan fingerprint density at radius 1 is 1.33 bits per heavy atom. The minimum atomic E-state index is 0.331. The summed E-state index contributed by atoms with van der Waals surface area (Å²) in [7, 11) is 0. The van der Waals surface area contributed by atoms with Crippen molar-refractivity contribution in [1.29, 1.82) is 0 Å². The Morgan fingerprint density at radius 2 is 2.11 bits per heavy atom. The van der Waals surface area contributed by atoms with Gasteiger partial charge in [0.2, 0.25) is 0 Å². The van der Waals surface area contributed by atoms with E-state index in [1.54, 1.807) is 0 Å². The lowest BCUT2D eigenvalue weighted by molar-refractivity contribution is 0.559. The van der Waals surface area contributed by atoms with Crippen LogP contribution in [0.5, 0.6) is 0 Å². The van der Waals surface area contributed by atoms with Gasteiger partial charge in [-0.05, 0) is 24.1 Å². The predicted molar refractivity (Wildman–Crippen MR) is 77.0 cm³/mol. The molecule has 0 spiro atoms. The summed E-state index contributed by atoms with van der Waals surface area (Å²) in [6.07, 6.45) is 1.15. The van der Waals surface area contributed by atoms with Gasteiger partial charge in [0, 0.05) is 29.5 Å². The molecule has 3 nitrogen and oxygen atoms in total. The van der Waals surface area contributed by atoms with Gasteiger partial charge in [0.1, 0.15) is 5.82 Å². The average Bonchev–Trinajstić information content (AvgIpc) is 2.82. The van der Waals surface area contributed by atoms with Crippen LogP contribution in [0, 0.1) is 0 Å². The number of halogens is 1. The molecule has 0 bridgehead atoms. The molecule has 1 aliphatic heterocycles. The van der Waals surface area contributed by atoms with Crippen LogP contribution in [0.1, 0.15) is 30.5 Å². The van der Waals surface area contributed by atoms with Crippen molar-refractivity contribution >= 4 is 21.7 Å². The van der Waals surface area contributed by atoms with Crippen LogP contribution in [-0.2, 0) is 6.54 Å². The third-order valence-electron chi connectivity index (χ3n) is 3.47. The first-order valence-electron chi connectivity index (χ1n) is 6.31. The molecule has 0 saturated heterocycles. The van der Waals surface area contributed by atoms with E-state index in [0.717, 1.165) is 35.5 Å². The zero-order valence-corrected chi connectivity index (χ0v) is 11.9. The van der Waals surface area contributed by atoms with Crippen molar-refractivity contribution in [2.24, 2.45) is 0 Å². The van der Waals surface area contributed by atoms with Gasteiger partial charge < -0.3 is 5.32 Å². The van der Waals surface area contributed by atoms with Crippen LogP contribution >= 0.6 is 15.9 Å². The molecule has 0 saturated carbocycles. The maximum absolute atomic E-state index is 4.69. The Labute approximate surface area is 115 Å². The normalized spacial score (nSPS) is 15.9. The molecule has 94 valence electrons. The molecule has 1 unspecified atom stereocenters. The highest BCUT2D eigenvalue weighted by Gasteiger charge is 2.16. The molecule has 0 aliphatic carbocycles. The molecule has 0 amide bonds. The van der Waals surface area contributed by atoms with Gasteiger partial charge in [-0.3, -0.25) is 0 Å². The lowest BCUT2D eigenvalue weighted by Crippen LogP contribution is -2.17. The Hall–Kier alpha value is -1.29. The molecule has 1 aromatic carbocycles. The number of aryl methyl sites for hydroxylation is 1. The SMILES string of the molecule is CC(c1ccc(Br)cc1)c1cc2n(n1)CCCN2. The second kappa shape index (κ2) is 4.76. The van der Waals surface area contributed by atoms with Crippen molar-refractivity contribution in [3.8, 4) is 0 Å². The van der Waals surface area contributed by atoms with Crippen LogP contribution < -0.4 is 5.32 Å². The van der Waals surface area contributed by atoms with E-state index in [9.17, 15) is 0 Å². The topological polar surface area (TPSA) is 29.9 Å². The zero-order chi connectivity index (χ0) is 12.5. The number of rotatable bonds is 2. The maximum Gasteiger partial charge on any atom is 0.124 e. The molecule has 18 heavy (non-hydrogen) atoms. The maximum atomic E-state index is 4.69. The lowest BCUT2D eigenvalue weighted by atomic mass is 9.98. The second-order valence-corrected chi connectivity index (χ2v) is 5.65. The molecule has 0 fully saturated rings. The third kappa shape index (κ3) is 2.17. The van der Waals surface area contributed by atoms with Gasteiger partial charge in [0.05, 0.1) is 5.69 Å². The summed E-state index contributed by atoms with van der Waals surface area (Å²) < 4.78 is 3.19. The van der Waals surface area contributed by atoms with Crippen molar-refractivity contribution in [3.05, 3.63) is 46.1 Å². The second-order valence-electron chi connectivity index (χ2n) is 4.73. The van der Waals surface area contributed by atoms with Crippen molar-refractivity contribution in [2.45, 2.75) is 25.8 Å². The van der Waals surface area contributed by atoms with E-state index in [1.807, 2.05) is 0 Å². The molecule has 3 rings (SSSR count). The van der Waals surface area contributed by atoms with Crippen molar-refractivity contribution in [2.75, 3.05) is 11.9 Å². The zero-order valence-electron chi connectivity index (χ0n) is 10.4. The Kier molecular flexibility index (Phi) is 3.12. The first-order chi connectivity index (χ1) is 8.74. The van der Waals surface area contributed by atoms with E-state index in [-0.39, 0.29) is 0 Å². The Balaban J connectivity index is 1.89. The van der Waals surface area contributed by atoms with Crippen LogP contribution in [-0.4, -0.2) is 16.3 Å². The third-order valence-corrected chi connectivity index (χ3v) is 3.99. The van der Waals surface area contributed by atoms with Gasteiger partial charge in [0.15, 0.2) is 0 Å². The van der Waals surface area contributed by atoms with Crippen LogP contribution in [0.4, 0.5) is 5.82 Å². The fraction of sp³-hybridized carbons (Fsp3) is 0.357. The number of fused-ring (bicyclic) bond motifs is 1. The summed E-state index contributed by atoms with van der Waals surface area (Å²) >= 11 is 3.47. The fourth-order valence-corrected chi connectivity index (χ4v) is 2.59. The number of nitrogens with zero attached hydrogens (tertiary/aromatic N) is 2. The molecule has 2 aromatic rings. The summed E-state index contributed by atoms with van der Waals surface area (Å²) in [4.78, 5) is 0. The van der Waals surface area contributed by atoms with Crippen molar-refractivity contribution in [1.82, 2.24) is 9.78 Å². The largest absolute Gasteiger partial charge is 0.370 e. The highest BCUT2D eigenvalue weighted by Crippen LogP contribution is 2.27. The fourth-order valence-electron chi connectivity index (χ4n) is 2.33. The van der Waals surface area contributed by atoms with Crippen molar-refractivity contribution in [3.63, 3.8) is 0 Å². The van der Waals surface area contributed by atoms with E-state index in [0.29, 0.717) is 5.92 Å². The van der Waals surface area contributed by atoms with Gasteiger partial charge in [-0.15, -0.1) is 0 Å². The summed E-state index contributed by atoms with van der Waals surface area (Å²) in [5, 5.41) is 8.08. The van der Waals surface area contributed by atoms with Gasteiger partial charge >= 0.3 is 0 Å². The summed E-state index contributed by atoms with van der Waals surface area (Å²) in [6.45, 7) is 4.28. The van der Waals surface area contributed by atoms with Crippen LogP contribution in [0.2, 0.25) is 0 Å². The number of nitrogens with one attached hydrogen (secondary N) is 1. The number of hydrogen-bond donors (Lipinski definition) is 1. The van der Waals surface area contributed by atoms with Crippen molar-refractivity contribution < 1.29 is 0 Å². The minimum Gasteiger partial charge on any atom is -0.370 e. The lowest BCUT2D eigenvalue weighted by Gasteiger charge is -2.14. The predicted octanol–water partition coefficient (Wildman–Crippen LogP) is 3.61. The quantitative estimate of drug-likeness (QED) is 0.918. The number of anilines is 1. The monoisotopic (exact) mass is 305 g/mol. The summed E-state index contributed by atoms with van der Waals surface area (Å²) in [6, 6.07) is 10.6. The molecular weight excluding hydrogens is 290 g/mol. The molecule has 0 radical (unpaired) electrons. The number of benzene rings is 1. The minimum absolute atomic E-state index is 0.331. The molecule has 2 heterocycles. The van der Waals surface area contributed by atoms with E-state index in [1.165, 1.54) is 5.56 Å². The standard InChI is InChI=1S/C14H16BrN3/c1-10(11-3-5-12(15)6-4-11)13-9-14-16-7-2-8-18(14)17-13/h3-6,9-10,16H,2,7-8H2,1H3. The van der Waals surface area contributed by atoms with E-state index in [4.69, 9.17) is 5.10 Å². The van der Waals surface area contributed by atoms with E-state index >= 15 is 0 Å². The van der Waals surface area contributed by atoms with Gasteiger partial charge in [-0.2, -0.15) is 5.10 Å². The first kappa shape index (κ1) is 11.8. The van der Waals surface area contributed by atoms with Crippen LogP contribution in [0.25, 0.3) is 0 Å². The average molecular weight is 306 g/mol. The summed E-state index contributed by atoms with van der Waals surface area (Å²) in [5.41, 5.74) is 2.44. The highest BCUT2D eigenvalue weighted by atomic mass is 79.9. The van der Waals surface area contributed by atoms with Gasteiger partial charge in [-0.1, -0.05) is 35.0 Å². The Morgan fingerprint density at radius 3 is 2.83 bits per heavy atom. The smallest absolute Gasteiger partial charge is 0.124 e. The molecular formula is C14H16BrN3. The van der Waals surface area contributed by atoms with Gasteiger partial charge in [0.25, 0.3) is 0 Å². The molecule has 1 atom stereocenters. The molecule has 1 aromatic heterocycles. The van der Waals surface area contributed by atoms with Gasteiger partial charge in [-0.25, -0.2) is 4.68 Å². The van der Waals surface area contributed by atoms with E-state index in [2.05, 4.69) is 63.2 Å². The molecule has 4 heteroatoms. The Bertz CT molecular complexity index is 521. The highest BCUT2D eigenvalue weighted by molar-refractivity contribution is 9.10. The number of aromatic nitrogens is 2. The molecule has 1 aliphatic rings. The number of hydrogen-bond acceptors (Lipinski definition) is 2.